The van der Waals surface area contributed by atoms with Crippen LogP contribution in [0.25, 0.3) is 77.2 Å². The first-order valence-corrected chi connectivity index (χ1v) is 14.3. The van der Waals surface area contributed by atoms with E-state index in [0.29, 0.717) is 11.4 Å². The number of rotatable bonds is 4. The van der Waals surface area contributed by atoms with Gasteiger partial charge >= 0.3 is 0 Å². The number of nitrogens with zero attached hydrogens (tertiary/aromatic N) is 2. The minimum Gasteiger partial charge on any atom is -0.309 e. The SMILES string of the molecule is [2H]c1c([2H])c([2H])c2c(c1[2H])c1c([2H])c3c4c([2H])c([2H])c([2H])c([2H])c4n(-c4ccc(-c5ccccc5)cc4)c3c([2H])c1n2-c1ccc(-c2ccccc2)cc1. The molecule has 0 saturated carbocycles. The summed E-state index contributed by atoms with van der Waals surface area (Å²) in [6, 6.07) is 30.7. The Morgan fingerprint density at radius 1 is 0.341 bits per heavy atom. The Morgan fingerprint density at radius 3 is 1.16 bits per heavy atom. The molecule has 0 amide bonds. The predicted octanol–water partition coefficient (Wildman–Crippen LogP) is 11.2. The second-order valence-electron chi connectivity index (χ2n) is 10.6. The van der Waals surface area contributed by atoms with E-state index in [-0.39, 0.29) is 79.9 Å². The number of fused-ring (bicyclic) bond motifs is 6. The van der Waals surface area contributed by atoms with Gasteiger partial charge in [0, 0.05) is 32.9 Å². The molecule has 0 spiro atoms. The van der Waals surface area contributed by atoms with E-state index in [1.807, 2.05) is 109 Å². The molecule has 0 N–H and O–H groups in total. The third-order valence-electron chi connectivity index (χ3n) is 8.16. The first-order chi connectivity index (χ1) is 26.0. The summed E-state index contributed by atoms with van der Waals surface area (Å²) in [5, 5.41) is 0.287. The minimum absolute atomic E-state index is 0.0532. The zero-order valence-electron chi connectivity index (χ0n) is 33.3. The van der Waals surface area contributed by atoms with Crippen LogP contribution in [0.1, 0.15) is 13.7 Å². The van der Waals surface area contributed by atoms with Gasteiger partial charge in [-0.2, -0.15) is 0 Å². The van der Waals surface area contributed by atoms with Crippen LogP contribution in [0.5, 0.6) is 0 Å². The fourth-order valence-corrected chi connectivity index (χ4v) is 6.09. The van der Waals surface area contributed by atoms with Gasteiger partial charge in [0.1, 0.15) is 0 Å². The highest BCUT2D eigenvalue weighted by Gasteiger charge is 2.18. The Balaban J connectivity index is 1.47. The molecule has 2 heteroatoms. The fourth-order valence-electron chi connectivity index (χ4n) is 6.09. The molecular formula is C42H28N2. The highest BCUT2D eigenvalue weighted by atomic mass is 15.0. The summed E-state index contributed by atoms with van der Waals surface area (Å²) in [5.41, 5.74) is 5.31. The van der Waals surface area contributed by atoms with Crippen LogP contribution in [0.3, 0.4) is 0 Å². The molecular weight excluding hydrogens is 532 g/mol. The van der Waals surface area contributed by atoms with Gasteiger partial charge in [-0.15, -0.1) is 0 Å². The molecule has 0 radical (unpaired) electrons. The van der Waals surface area contributed by atoms with Gasteiger partial charge in [0.05, 0.1) is 35.8 Å². The summed E-state index contributed by atoms with van der Waals surface area (Å²) in [6.07, 6.45) is 0. The smallest absolute Gasteiger partial charge is 0.0668 e. The van der Waals surface area contributed by atoms with Crippen molar-refractivity contribution in [2.75, 3.05) is 0 Å². The number of benzene rings is 7. The van der Waals surface area contributed by atoms with E-state index >= 15 is 0 Å². The van der Waals surface area contributed by atoms with Gasteiger partial charge in [-0.25, -0.2) is 0 Å². The van der Waals surface area contributed by atoms with Crippen LogP contribution in [0.2, 0.25) is 0 Å². The summed E-state index contributed by atoms with van der Waals surface area (Å²) < 4.78 is 93.7. The molecule has 2 aromatic heterocycles. The Kier molecular flexibility index (Phi) is 3.74. The Hall–Kier alpha value is -5.86. The Morgan fingerprint density at radius 2 is 0.727 bits per heavy atom. The van der Waals surface area contributed by atoms with Crippen LogP contribution in [-0.2, 0) is 0 Å². The molecule has 0 bridgehead atoms. The standard InChI is InChI=1S/C42H28N2/c1-3-11-29(12-4-1)31-19-23-33(24-20-31)43-39-17-9-7-15-35(39)37-27-38-36-16-8-10-18-40(36)44(42(38)28-41(37)43)34-25-21-32(22-26-34)30-13-5-2-6-14-30/h1-28H/i7D,8D,9D,10D,15D,16D,17D,18D,27D,28D. The minimum atomic E-state index is -0.486. The number of hydrogen-bond acceptors (Lipinski definition) is 0. The lowest BCUT2D eigenvalue weighted by molar-refractivity contribution is 1.16. The van der Waals surface area contributed by atoms with Gasteiger partial charge < -0.3 is 9.13 Å². The lowest BCUT2D eigenvalue weighted by Crippen LogP contribution is -1.96. The van der Waals surface area contributed by atoms with Crippen LogP contribution in [-0.4, -0.2) is 9.13 Å². The van der Waals surface area contributed by atoms with Crippen LogP contribution in [0.15, 0.2) is 170 Å². The quantitative estimate of drug-likeness (QED) is 0.199. The van der Waals surface area contributed by atoms with Crippen molar-refractivity contribution in [1.29, 1.82) is 0 Å². The van der Waals surface area contributed by atoms with Gasteiger partial charge in [-0.3, -0.25) is 0 Å². The molecule has 0 aliphatic carbocycles. The van der Waals surface area contributed by atoms with Gasteiger partial charge in [-0.05, 0) is 70.7 Å². The van der Waals surface area contributed by atoms with Crippen LogP contribution in [0.4, 0.5) is 0 Å². The van der Waals surface area contributed by atoms with Crippen molar-refractivity contribution in [1.82, 2.24) is 9.13 Å². The molecule has 2 heterocycles. The topological polar surface area (TPSA) is 9.86 Å². The molecule has 0 fully saturated rings. The summed E-state index contributed by atoms with van der Waals surface area (Å²) in [6.45, 7) is 0. The number of hydrogen-bond donors (Lipinski definition) is 0. The second kappa shape index (κ2) is 9.86. The average molecular weight is 571 g/mol. The van der Waals surface area contributed by atoms with E-state index in [0.717, 1.165) is 22.3 Å². The highest BCUT2D eigenvalue weighted by Crippen LogP contribution is 2.40. The number of para-hydroxylation sites is 2. The van der Waals surface area contributed by atoms with Gasteiger partial charge in [0.25, 0.3) is 0 Å². The third-order valence-corrected chi connectivity index (χ3v) is 8.16. The predicted molar refractivity (Wildman–Crippen MR) is 186 cm³/mol. The molecule has 2 nitrogen and oxygen atoms in total. The molecule has 0 aliphatic heterocycles. The molecule has 206 valence electrons. The normalized spacial score (nSPS) is 14.8. The van der Waals surface area contributed by atoms with Crippen LogP contribution < -0.4 is 0 Å². The van der Waals surface area contributed by atoms with Crippen LogP contribution >= 0.6 is 0 Å². The first-order valence-electron chi connectivity index (χ1n) is 19.3. The largest absolute Gasteiger partial charge is 0.309 e. The summed E-state index contributed by atoms with van der Waals surface area (Å²) in [7, 11) is 0. The third kappa shape index (κ3) is 3.82. The lowest BCUT2D eigenvalue weighted by Gasteiger charge is -2.11. The van der Waals surface area contributed by atoms with Crippen molar-refractivity contribution in [3.05, 3.63) is 170 Å². The summed E-state index contributed by atoms with van der Waals surface area (Å²) in [5.74, 6) is 0. The maximum atomic E-state index is 9.97. The van der Waals surface area contributed by atoms with Crippen molar-refractivity contribution in [3.8, 4) is 33.6 Å². The van der Waals surface area contributed by atoms with Crippen molar-refractivity contribution in [2.45, 2.75) is 0 Å². The molecule has 0 aliphatic rings. The molecule has 9 rings (SSSR count). The van der Waals surface area contributed by atoms with Crippen molar-refractivity contribution >= 4 is 43.6 Å². The Labute approximate surface area is 269 Å². The fraction of sp³-hybridized carbons (Fsp3) is 0. The second-order valence-corrected chi connectivity index (χ2v) is 10.6. The van der Waals surface area contributed by atoms with E-state index in [9.17, 15) is 2.74 Å². The van der Waals surface area contributed by atoms with Gasteiger partial charge in [-0.1, -0.05) is 121 Å². The van der Waals surface area contributed by atoms with Crippen molar-refractivity contribution in [2.24, 2.45) is 0 Å². The maximum absolute atomic E-state index is 9.97. The average Bonchev–Trinajstić information content (AvgIpc) is 3.77. The van der Waals surface area contributed by atoms with Crippen molar-refractivity contribution in [3.63, 3.8) is 0 Å². The number of aromatic nitrogens is 2. The summed E-state index contributed by atoms with van der Waals surface area (Å²) in [4.78, 5) is 0. The Bertz CT molecular complexity index is 2800. The molecule has 0 atom stereocenters. The van der Waals surface area contributed by atoms with Gasteiger partial charge in [0.15, 0.2) is 0 Å². The van der Waals surface area contributed by atoms with E-state index in [1.54, 1.807) is 9.13 Å². The van der Waals surface area contributed by atoms with Crippen molar-refractivity contribution < 1.29 is 13.7 Å². The van der Waals surface area contributed by atoms with Crippen LogP contribution in [0, 0.1) is 0 Å². The van der Waals surface area contributed by atoms with Gasteiger partial charge in [0.2, 0.25) is 0 Å². The molecule has 0 saturated heterocycles. The highest BCUT2D eigenvalue weighted by molar-refractivity contribution is 6.19. The van der Waals surface area contributed by atoms with E-state index in [2.05, 4.69) is 0 Å². The first kappa shape index (κ1) is 16.7. The lowest BCUT2D eigenvalue weighted by atomic mass is 10.1. The van der Waals surface area contributed by atoms with E-state index < -0.39 is 24.2 Å². The monoisotopic (exact) mass is 570 g/mol. The molecule has 7 aromatic carbocycles. The zero-order valence-corrected chi connectivity index (χ0v) is 23.3. The van der Waals surface area contributed by atoms with E-state index in [4.69, 9.17) is 11.0 Å². The molecule has 9 aromatic rings. The summed E-state index contributed by atoms with van der Waals surface area (Å²) >= 11 is 0. The molecule has 0 unspecified atom stereocenters. The molecule has 44 heavy (non-hydrogen) atoms. The van der Waals surface area contributed by atoms with E-state index in [1.165, 1.54) is 0 Å². The zero-order chi connectivity index (χ0) is 37.7. The maximum Gasteiger partial charge on any atom is 0.0668 e.